The van der Waals surface area contributed by atoms with Crippen LogP contribution >= 0.6 is 0 Å². The van der Waals surface area contributed by atoms with E-state index in [-0.39, 0.29) is 5.92 Å². The van der Waals surface area contributed by atoms with E-state index in [1.807, 2.05) is 43.3 Å². The van der Waals surface area contributed by atoms with E-state index < -0.39 is 6.10 Å². The first-order valence-corrected chi connectivity index (χ1v) is 5.85. The lowest BCUT2D eigenvalue weighted by Gasteiger charge is -2.24. The highest BCUT2D eigenvalue weighted by molar-refractivity contribution is 5.23. The summed E-state index contributed by atoms with van der Waals surface area (Å²) >= 11 is 0. The number of rotatable bonds is 3. The highest BCUT2D eigenvalue weighted by Crippen LogP contribution is 2.26. The summed E-state index contributed by atoms with van der Waals surface area (Å²) in [7, 11) is 0. The lowest BCUT2D eigenvalue weighted by Crippen LogP contribution is -2.22. The van der Waals surface area contributed by atoms with Gasteiger partial charge in [0.25, 0.3) is 0 Å². The molecule has 1 heterocycles. The molecule has 1 aliphatic heterocycles. The molecular formula is C14H18O2. The molecule has 1 aromatic carbocycles. The quantitative estimate of drug-likeness (QED) is 0.845. The first-order valence-electron chi connectivity index (χ1n) is 5.85. The van der Waals surface area contributed by atoms with Crippen molar-refractivity contribution < 1.29 is 9.84 Å². The van der Waals surface area contributed by atoms with Crippen LogP contribution in [0.5, 0.6) is 0 Å². The number of aliphatic hydroxyl groups is 1. The van der Waals surface area contributed by atoms with E-state index in [2.05, 4.69) is 0 Å². The van der Waals surface area contributed by atoms with Crippen molar-refractivity contribution in [3.63, 3.8) is 0 Å². The molecule has 0 saturated carbocycles. The van der Waals surface area contributed by atoms with Gasteiger partial charge in [-0.1, -0.05) is 37.3 Å². The van der Waals surface area contributed by atoms with E-state index in [0.29, 0.717) is 0 Å². The van der Waals surface area contributed by atoms with Crippen molar-refractivity contribution in [1.82, 2.24) is 0 Å². The SMILES string of the molecule is CC(c1ccccc1)C(O)C1=CCCCO1. The molecule has 16 heavy (non-hydrogen) atoms. The van der Waals surface area contributed by atoms with Gasteiger partial charge in [-0.3, -0.25) is 0 Å². The summed E-state index contributed by atoms with van der Waals surface area (Å²) in [6, 6.07) is 10.1. The monoisotopic (exact) mass is 218 g/mol. The van der Waals surface area contributed by atoms with Crippen LogP contribution in [-0.2, 0) is 4.74 Å². The Morgan fingerprint density at radius 2 is 2.00 bits per heavy atom. The predicted octanol–water partition coefficient (Wildman–Crippen LogP) is 2.85. The summed E-state index contributed by atoms with van der Waals surface area (Å²) in [5, 5.41) is 10.2. The Balaban J connectivity index is 2.09. The fourth-order valence-corrected chi connectivity index (χ4v) is 1.97. The molecule has 0 saturated heterocycles. The van der Waals surface area contributed by atoms with Gasteiger partial charge in [-0.05, 0) is 24.5 Å². The molecule has 0 spiro atoms. The Labute approximate surface area is 96.6 Å². The largest absolute Gasteiger partial charge is 0.495 e. The molecule has 0 radical (unpaired) electrons. The van der Waals surface area contributed by atoms with Crippen molar-refractivity contribution >= 4 is 0 Å². The maximum absolute atomic E-state index is 10.2. The second-order valence-electron chi connectivity index (χ2n) is 4.24. The van der Waals surface area contributed by atoms with Crippen LogP contribution in [-0.4, -0.2) is 17.8 Å². The Bertz CT molecular complexity index is 356. The van der Waals surface area contributed by atoms with E-state index >= 15 is 0 Å². The summed E-state index contributed by atoms with van der Waals surface area (Å²) < 4.78 is 5.49. The van der Waals surface area contributed by atoms with Crippen LogP contribution in [0.25, 0.3) is 0 Å². The predicted molar refractivity (Wildman–Crippen MR) is 64.1 cm³/mol. The average molecular weight is 218 g/mol. The van der Waals surface area contributed by atoms with Crippen LogP contribution in [0.2, 0.25) is 0 Å². The molecular weight excluding hydrogens is 200 g/mol. The van der Waals surface area contributed by atoms with Gasteiger partial charge in [0.15, 0.2) is 0 Å². The smallest absolute Gasteiger partial charge is 0.121 e. The van der Waals surface area contributed by atoms with Crippen LogP contribution < -0.4 is 0 Å². The highest BCUT2D eigenvalue weighted by atomic mass is 16.5. The minimum Gasteiger partial charge on any atom is -0.495 e. The molecule has 2 rings (SSSR count). The molecule has 2 atom stereocenters. The van der Waals surface area contributed by atoms with E-state index in [1.54, 1.807) is 0 Å². The third-order valence-electron chi connectivity index (χ3n) is 3.05. The molecule has 1 aliphatic rings. The van der Waals surface area contributed by atoms with Gasteiger partial charge in [-0.15, -0.1) is 0 Å². The number of hydrogen-bond acceptors (Lipinski definition) is 2. The Morgan fingerprint density at radius 1 is 1.25 bits per heavy atom. The Hall–Kier alpha value is -1.28. The second kappa shape index (κ2) is 5.17. The molecule has 0 aliphatic carbocycles. The maximum Gasteiger partial charge on any atom is 0.121 e. The van der Waals surface area contributed by atoms with Gasteiger partial charge >= 0.3 is 0 Å². The number of benzene rings is 1. The normalized spacial score (nSPS) is 19.5. The van der Waals surface area contributed by atoms with Gasteiger partial charge in [0.1, 0.15) is 11.9 Å². The minimum atomic E-state index is -0.525. The molecule has 1 aromatic rings. The van der Waals surface area contributed by atoms with Gasteiger partial charge in [-0.2, -0.15) is 0 Å². The van der Waals surface area contributed by atoms with Crippen molar-refractivity contribution in [2.24, 2.45) is 0 Å². The molecule has 2 heteroatoms. The van der Waals surface area contributed by atoms with Crippen LogP contribution in [0.4, 0.5) is 0 Å². The Kier molecular flexibility index (Phi) is 3.62. The minimum absolute atomic E-state index is 0.0746. The number of aliphatic hydroxyl groups excluding tert-OH is 1. The molecule has 0 aromatic heterocycles. The van der Waals surface area contributed by atoms with Gasteiger partial charge in [0, 0.05) is 5.92 Å². The van der Waals surface area contributed by atoms with E-state index in [0.717, 1.165) is 30.8 Å². The van der Waals surface area contributed by atoms with Crippen LogP contribution in [0.3, 0.4) is 0 Å². The molecule has 2 nitrogen and oxygen atoms in total. The van der Waals surface area contributed by atoms with Gasteiger partial charge < -0.3 is 9.84 Å². The van der Waals surface area contributed by atoms with Crippen molar-refractivity contribution in [3.8, 4) is 0 Å². The molecule has 2 unspecified atom stereocenters. The highest BCUT2D eigenvalue weighted by Gasteiger charge is 2.22. The van der Waals surface area contributed by atoms with E-state index in [1.165, 1.54) is 0 Å². The zero-order valence-corrected chi connectivity index (χ0v) is 9.60. The summed E-state index contributed by atoms with van der Waals surface area (Å²) in [6.07, 6.45) is 3.54. The zero-order chi connectivity index (χ0) is 11.4. The number of ether oxygens (including phenoxy) is 1. The molecule has 86 valence electrons. The van der Waals surface area contributed by atoms with Gasteiger partial charge in [0.05, 0.1) is 6.61 Å². The van der Waals surface area contributed by atoms with E-state index in [4.69, 9.17) is 4.74 Å². The Morgan fingerprint density at radius 3 is 2.62 bits per heavy atom. The lowest BCUT2D eigenvalue weighted by molar-refractivity contribution is 0.0785. The molecule has 0 bridgehead atoms. The van der Waals surface area contributed by atoms with Crippen molar-refractivity contribution in [2.75, 3.05) is 6.61 Å². The maximum atomic E-state index is 10.2. The first-order chi connectivity index (χ1) is 7.79. The first kappa shape index (κ1) is 11.2. The fraction of sp³-hybridized carbons (Fsp3) is 0.429. The third-order valence-corrected chi connectivity index (χ3v) is 3.05. The van der Waals surface area contributed by atoms with Crippen LogP contribution in [0.15, 0.2) is 42.2 Å². The van der Waals surface area contributed by atoms with Crippen LogP contribution in [0.1, 0.15) is 31.2 Å². The summed E-state index contributed by atoms with van der Waals surface area (Å²) in [5.41, 5.74) is 1.14. The zero-order valence-electron chi connectivity index (χ0n) is 9.60. The number of allylic oxidation sites excluding steroid dienone is 1. The summed E-state index contributed by atoms with van der Waals surface area (Å²) in [6.45, 7) is 2.75. The van der Waals surface area contributed by atoms with Crippen LogP contribution in [0, 0.1) is 0 Å². The fourth-order valence-electron chi connectivity index (χ4n) is 1.97. The second-order valence-corrected chi connectivity index (χ2v) is 4.24. The van der Waals surface area contributed by atoms with Gasteiger partial charge in [-0.25, -0.2) is 0 Å². The molecule has 0 fully saturated rings. The van der Waals surface area contributed by atoms with E-state index in [9.17, 15) is 5.11 Å². The number of hydrogen-bond donors (Lipinski definition) is 1. The summed E-state index contributed by atoms with van der Waals surface area (Å²) in [5.74, 6) is 0.813. The van der Waals surface area contributed by atoms with Crippen molar-refractivity contribution in [3.05, 3.63) is 47.7 Å². The standard InChI is InChI=1S/C14H18O2/c1-11(12-7-3-2-4-8-12)14(15)13-9-5-6-10-16-13/h2-4,7-9,11,14-15H,5-6,10H2,1H3. The lowest BCUT2D eigenvalue weighted by atomic mass is 9.93. The topological polar surface area (TPSA) is 29.5 Å². The van der Waals surface area contributed by atoms with Crippen molar-refractivity contribution in [2.45, 2.75) is 31.8 Å². The third kappa shape index (κ3) is 2.45. The molecule has 0 amide bonds. The van der Waals surface area contributed by atoms with Gasteiger partial charge in [0.2, 0.25) is 0 Å². The van der Waals surface area contributed by atoms with Crippen molar-refractivity contribution in [1.29, 1.82) is 0 Å². The summed E-state index contributed by atoms with van der Waals surface area (Å²) in [4.78, 5) is 0. The molecule has 1 N–H and O–H groups in total. The average Bonchev–Trinajstić information content (AvgIpc) is 2.39.